The van der Waals surface area contributed by atoms with Gasteiger partial charge in [0.25, 0.3) is 0 Å². The summed E-state index contributed by atoms with van der Waals surface area (Å²) < 4.78 is 5.83. The van der Waals surface area contributed by atoms with E-state index in [1.54, 1.807) is 0 Å². The van der Waals surface area contributed by atoms with Gasteiger partial charge in [0.1, 0.15) is 0 Å². The summed E-state index contributed by atoms with van der Waals surface area (Å²) in [5.41, 5.74) is 2.63. The lowest BCUT2D eigenvalue weighted by Gasteiger charge is -2.18. The molecule has 0 unspecified atom stereocenters. The molecule has 3 heteroatoms. The second-order valence-electron chi connectivity index (χ2n) is 5.38. The minimum atomic E-state index is 0.506. The zero-order chi connectivity index (χ0) is 14.8. The summed E-state index contributed by atoms with van der Waals surface area (Å²) in [5.74, 6) is 0. The molecule has 0 radical (unpaired) electrons. The summed E-state index contributed by atoms with van der Waals surface area (Å²) in [4.78, 5) is 2.38. The van der Waals surface area contributed by atoms with Gasteiger partial charge in [-0.3, -0.25) is 0 Å². The van der Waals surface area contributed by atoms with Crippen molar-refractivity contribution in [2.75, 3.05) is 26.2 Å². The van der Waals surface area contributed by atoms with E-state index < -0.39 is 0 Å². The molecule has 0 aliphatic carbocycles. The van der Waals surface area contributed by atoms with Gasteiger partial charge >= 0.3 is 0 Å². The van der Waals surface area contributed by atoms with Gasteiger partial charge in [-0.2, -0.15) is 0 Å². The molecule has 1 aromatic carbocycles. The Hall–Kier alpha value is -0.900. The first-order chi connectivity index (χ1) is 9.67. The van der Waals surface area contributed by atoms with Crippen LogP contribution in [0.25, 0.3) is 0 Å². The summed E-state index contributed by atoms with van der Waals surface area (Å²) in [6.45, 7) is 14.3. The molecular formula is C17H30N2O. The quantitative estimate of drug-likeness (QED) is 0.666. The highest BCUT2D eigenvalue weighted by molar-refractivity contribution is 5.26. The SMILES string of the molecule is CCN(CC)CCOCc1ccccc1CNC(C)C. The molecule has 1 N–H and O–H groups in total. The first kappa shape index (κ1) is 17.2. The van der Waals surface area contributed by atoms with Crippen LogP contribution in [-0.2, 0) is 17.9 Å². The maximum Gasteiger partial charge on any atom is 0.0720 e. The topological polar surface area (TPSA) is 24.5 Å². The average molecular weight is 278 g/mol. The third-order valence-electron chi connectivity index (χ3n) is 3.52. The summed E-state index contributed by atoms with van der Waals surface area (Å²) in [7, 11) is 0. The number of nitrogens with one attached hydrogen (secondary N) is 1. The molecule has 1 rings (SSSR count). The van der Waals surface area contributed by atoms with Crippen molar-refractivity contribution >= 4 is 0 Å². The highest BCUT2D eigenvalue weighted by atomic mass is 16.5. The molecule has 0 spiro atoms. The summed E-state index contributed by atoms with van der Waals surface area (Å²) in [6.07, 6.45) is 0. The van der Waals surface area contributed by atoms with Gasteiger partial charge in [-0.1, -0.05) is 52.0 Å². The summed E-state index contributed by atoms with van der Waals surface area (Å²) >= 11 is 0. The standard InChI is InChI=1S/C17H30N2O/c1-5-19(6-2)11-12-20-14-17-10-8-7-9-16(17)13-18-15(3)4/h7-10,15,18H,5-6,11-14H2,1-4H3. The van der Waals surface area contributed by atoms with Crippen LogP contribution in [0.15, 0.2) is 24.3 Å². The van der Waals surface area contributed by atoms with Gasteiger partial charge in [0.05, 0.1) is 13.2 Å². The predicted molar refractivity (Wildman–Crippen MR) is 85.9 cm³/mol. The number of nitrogens with zero attached hydrogens (tertiary/aromatic N) is 1. The number of hydrogen-bond acceptors (Lipinski definition) is 3. The Kier molecular flexibility index (Phi) is 8.51. The average Bonchev–Trinajstić information content (AvgIpc) is 2.46. The van der Waals surface area contributed by atoms with Gasteiger partial charge in [-0.05, 0) is 24.2 Å². The molecular weight excluding hydrogens is 248 g/mol. The number of hydrogen-bond donors (Lipinski definition) is 1. The fourth-order valence-corrected chi connectivity index (χ4v) is 2.10. The van der Waals surface area contributed by atoms with E-state index in [-0.39, 0.29) is 0 Å². The Morgan fingerprint density at radius 3 is 2.35 bits per heavy atom. The van der Waals surface area contributed by atoms with Gasteiger partial charge < -0.3 is 15.0 Å². The van der Waals surface area contributed by atoms with Crippen molar-refractivity contribution in [3.8, 4) is 0 Å². The van der Waals surface area contributed by atoms with E-state index in [2.05, 4.69) is 62.2 Å². The molecule has 1 aromatic rings. The minimum absolute atomic E-state index is 0.506. The van der Waals surface area contributed by atoms with Gasteiger partial charge in [-0.25, -0.2) is 0 Å². The molecule has 0 heterocycles. The van der Waals surface area contributed by atoms with Crippen molar-refractivity contribution < 1.29 is 4.74 Å². The van der Waals surface area contributed by atoms with Crippen LogP contribution >= 0.6 is 0 Å². The van der Waals surface area contributed by atoms with Crippen LogP contribution in [-0.4, -0.2) is 37.2 Å². The summed E-state index contributed by atoms with van der Waals surface area (Å²) in [6, 6.07) is 9.03. The number of likely N-dealkylation sites (N-methyl/N-ethyl adjacent to an activating group) is 1. The first-order valence-electron chi connectivity index (χ1n) is 7.77. The molecule has 0 saturated carbocycles. The Labute approximate surface area is 124 Å². The van der Waals surface area contributed by atoms with Crippen LogP contribution in [0.1, 0.15) is 38.8 Å². The second-order valence-corrected chi connectivity index (χ2v) is 5.38. The van der Waals surface area contributed by atoms with E-state index in [4.69, 9.17) is 4.74 Å². The van der Waals surface area contributed by atoms with E-state index >= 15 is 0 Å². The van der Waals surface area contributed by atoms with E-state index in [0.29, 0.717) is 12.6 Å². The predicted octanol–water partition coefficient (Wildman–Crippen LogP) is 3.04. The fraction of sp³-hybridized carbons (Fsp3) is 0.647. The molecule has 0 atom stereocenters. The first-order valence-corrected chi connectivity index (χ1v) is 7.77. The molecule has 20 heavy (non-hydrogen) atoms. The normalized spacial score (nSPS) is 11.5. The lowest BCUT2D eigenvalue weighted by atomic mass is 10.1. The van der Waals surface area contributed by atoms with Gasteiger partial charge in [0, 0.05) is 19.1 Å². The second kappa shape index (κ2) is 9.92. The van der Waals surface area contributed by atoms with E-state index in [1.165, 1.54) is 11.1 Å². The van der Waals surface area contributed by atoms with Gasteiger partial charge in [-0.15, -0.1) is 0 Å². The molecule has 0 aromatic heterocycles. The maximum absolute atomic E-state index is 5.83. The number of rotatable bonds is 10. The maximum atomic E-state index is 5.83. The van der Waals surface area contributed by atoms with Crippen molar-refractivity contribution in [1.29, 1.82) is 0 Å². The van der Waals surface area contributed by atoms with Crippen LogP contribution in [0.5, 0.6) is 0 Å². The number of ether oxygens (including phenoxy) is 1. The summed E-state index contributed by atoms with van der Waals surface area (Å²) in [5, 5.41) is 3.47. The molecule has 0 fully saturated rings. The van der Waals surface area contributed by atoms with Crippen LogP contribution < -0.4 is 5.32 Å². The highest BCUT2D eigenvalue weighted by Gasteiger charge is 2.04. The van der Waals surface area contributed by atoms with Crippen molar-refractivity contribution in [1.82, 2.24) is 10.2 Å². The highest BCUT2D eigenvalue weighted by Crippen LogP contribution is 2.10. The van der Waals surface area contributed by atoms with Crippen molar-refractivity contribution in [2.45, 2.75) is 46.9 Å². The molecule has 0 bridgehead atoms. The van der Waals surface area contributed by atoms with Crippen molar-refractivity contribution in [2.24, 2.45) is 0 Å². The Bertz CT molecular complexity index is 362. The smallest absolute Gasteiger partial charge is 0.0720 e. The molecule has 0 amide bonds. The monoisotopic (exact) mass is 278 g/mol. The fourth-order valence-electron chi connectivity index (χ4n) is 2.10. The Morgan fingerprint density at radius 1 is 1.10 bits per heavy atom. The Balaban J connectivity index is 2.39. The molecule has 0 aliphatic rings. The van der Waals surface area contributed by atoms with E-state index in [9.17, 15) is 0 Å². The largest absolute Gasteiger partial charge is 0.375 e. The minimum Gasteiger partial charge on any atom is -0.375 e. The van der Waals surface area contributed by atoms with Crippen molar-refractivity contribution in [3.63, 3.8) is 0 Å². The number of benzene rings is 1. The van der Waals surface area contributed by atoms with Gasteiger partial charge in [0.2, 0.25) is 0 Å². The Morgan fingerprint density at radius 2 is 1.75 bits per heavy atom. The van der Waals surface area contributed by atoms with Crippen LogP contribution in [0.3, 0.4) is 0 Å². The van der Waals surface area contributed by atoms with Crippen molar-refractivity contribution in [3.05, 3.63) is 35.4 Å². The lowest BCUT2D eigenvalue weighted by Crippen LogP contribution is -2.27. The van der Waals surface area contributed by atoms with Crippen LogP contribution in [0.2, 0.25) is 0 Å². The molecule has 0 saturated heterocycles. The zero-order valence-corrected chi connectivity index (χ0v) is 13.5. The molecule has 3 nitrogen and oxygen atoms in total. The van der Waals surface area contributed by atoms with Gasteiger partial charge in [0.15, 0.2) is 0 Å². The zero-order valence-electron chi connectivity index (χ0n) is 13.5. The lowest BCUT2D eigenvalue weighted by molar-refractivity contribution is 0.0951. The molecule has 114 valence electrons. The third kappa shape index (κ3) is 6.51. The van der Waals surface area contributed by atoms with Crippen LogP contribution in [0.4, 0.5) is 0 Å². The van der Waals surface area contributed by atoms with E-state index in [0.717, 1.165) is 32.8 Å². The van der Waals surface area contributed by atoms with E-state index in [1.807, 2.05) is 0 Å². The molecule has 0 aliphatic heterocycles. The third-order valence-corrected chi connectivity index (χ3v) is 3.52. The van der Waals surface area contributed by atoms with Crippen LogP contribution in [0, 0.1) is 0 Å².